The van der Waals surface area contributed by atoms with Crippen LogP contribution in [0, 0.1) is 5.82 Å². The molecule has 1 rings (SSSR count). The third kappa shape index (κ3) is 3.62. The molecule has 0 spiro atoms. The molecule has 0 radical (unpaired) electrons. The second kappa shape index (κ2) is 5.50. The van der Waals surface area contributed by atoms with E-state index in [1.54, 1.807) is 0 Å². The van der Waals surface area contributed by atoms with Crippen molar-refractivity contribution in [1.82, 2.24) is 4.90 Å². The van der Waals surface area contributed by atoms with Gasteiger partial charge in [0, 0.05) is 7.05 Å². The molecule has 0 aliphatic carbocycles. The van der Waals surface area contributed by atoms with E-state index in [0.29, 0.717) is 11.0 Å². The topological polar surface area (TPSA) is 20.3 Å². The Morgan fingerprint density at radius 1 is 1.32 bits per heavy atom. The molecular weight excluding hydrogens is 276 g/mol. The van der Waals surface area contributed by atoms with Crippen LogP contribution in [0.3, 0.4) is 0 Å². The summed E-state index contributed by atoms with van der Waals surface area (Å²) in [5.74, 6) is -3.00. The van der Waals surface area contributed by atoms with Crippen LogP contribution in [0.15, 0.2) is 18.2 Å². The van der Waals surface area contributed by atoms with E-state index in [0.717, 1.165) is 19.2 Å². The first-order valence-electron chi connectivity index (χ1n) is 5.04. The van der Waals surface area contributed by atoms with Gasteiger partial charge in [-0.05, 0) is 12.1 Å². The molecule has 0 aliphatic rings. The monoisotopic (exact) mass is 285 g/mol. The Morgan fingerprint density at radius 2 is 1.89 bits per heavy atom. The van der Waals surface area contributed by atoms with Crippen molar-refractivity contribution in [1.29, 1.82) is 0 Å². The normalized spacial score (nSPS) is 11.8. The number of hydrogen-bond donors (Lipinski definition) is 0. The standard InChI is InChI=1S/C11H9F6NO/c1-18(5-8(12)13)10(19)6-3-2-4-7(9(6)14)11(15,16)17/h2-4,8H,5H2,1H3. The maximum Gasteiger partial charge on any atom is 0.419 e. The lowest BCUT2D eigenvalue weighted by Gasteiger charge is -2.18. The third-order valence-electron chi connectivity index (χ3n) is 2.29. The lowest BCUT2D eigenvalue weighted by molar-refractivity contribution is -0.140. The zero-order valence-corrected chi connectivity index (χ0v) is 9.64. The van der Waals surface area contributed by atoms with Gasteiger partial charge in [-0.2, -0.15) is 13.2 Å². The van der Waals surface area contributed by atoms with Crippen molar-refractivity contribution < 1.29 is 31.1 Å². The van der Waals surface area contributed by atoms with Gasteiger partial charge >= 0.3 is 6.18 Å². The molecule has 0 aromatic heterocycles. The van der Waals surface area contributed by atoms with Crippen LogP contribution in [-0.4, -0.2) is 30.8 Å². The Balaban J connectivity index is 3.12. The van der Waals surface area contributed by atoms with Gasteiger partial charge in [-0.3, -0.25) is 4.79 Å². The van der Waals surface area contributed by atoms with Crippen LogP contribution in [0.4, 0.5) is 26.3 Å². The van der Waals surface area contributed by atoms with Gasteiger partial charge in [-0.25, -0.2) is 13.2 Å². The Hall–Kier alpha value is -1.73. The molecule has 8 heteroatoms. The smallest absolute Gasteiger partial charge is 0.336 e. The highest BCUT2D eigenvalue weighted by molar-refractivity contribution is 5.94. The minimum atomic E-state index is -4.96. The maximum absolute atomic E-state index is 13.6. The fraction of sp³-hybridized carbons (Fsp3) is 0.364. The molecule has 0 bridgehead atoms. The summed E-state index contributed by atoms with van der Waals surface area (Å²) in [4.78, 5) is 12.0. The number of halogens is 6. The van der Waals surface area contributed by atoms with Crippen molar-refractivity contribution >= 4 is 5.91 Å². The number of carbonyl (C=O) groups excluding carboxylic acids is 1. The summed E-state index contributed by atoms with van der Waals surface area (Å²) >= 11 is 0. The average molecular weight is 285 g/mol. The van der Waals surface area contributed by atoms with Crippen molar-refractivity contribution in [3.63, 3.8) is 0 Å². The summed E-state index contributed by atoms with van der Waals surface area (Å²) in [6, 6.07) is 2.13. The van der Waals surface area contributed by atoms with E-state index in [1.807, 2.05) is 0 Å². The van der Waals surface area contributed by atoms with Gasteiger partial charge in [0.05, 0.1) is 17.7 Å². The van der Waals surface area contributed by atoms with Gasteiger partial charge in [0.25, 0.3) is 12.3 Å². The number of nitrogens with zero attached hydrogens (tertiary/aromatic N) is 1. The minimum Gasteiger partial charge on any atom is -0.336 e. The molecule has 106 valence electrons. The average Bonchev–Trinajstić information content (AvgIpc) is 2.25. The van der Waals surface area contributed by atoms with Gasteiger partial charge in [0.2, 0.25) is 0 Å². The highest BCUT2D eigenvalue weighted by Gasteiger charge is 2.36. The lowest BCUT2D eigenvalue weighted by atomic mass is 10.1. The number of carbonyl (C=O) groups is 1. The van der Waals surface area contributed by atoms with Crippen molar-refractivity contribution in [2.45, 2.75) is 12.6 Å². The summed E-state index contributed by atoms with van der Waals surface area (Å²) in [5, 5.41) is 0. The predicted octanol–water partition coefficient (Wildman–Crippen LogP) is 3.18. The van der Waals surface area contributed by atoms with E-state index >= 15 is 0 Å². The van der Waals surface area contributed by atoms with Crippen molar-refractivity contribution in [2.75, 3.05) is 13.6 Å². The van der Waals surface area contributed by atoms with Gasteiger partial charge < -0.3 is 4.90 Å². The summed E-state index contributed by atoms with van der Waals surface area (Å²) in [6.45, 7) is -0.992. The number of amides is 1. The predicted molar refractivity (Wildman–Crippen MR) is 54.4 cm³/mol. The van der Waals surface area contributed by atoms with Crippen molar-refractivity contribution in [3.8, 4) is 0 Å². The van der Waals surface area contributed by atoms with Crippen molar-refractivity contribution in [2.24, 2.45) is 0 Å². The molecule has 1 aromatic rings. The number of rotatable bonds is 3. The van der Waals surface area contributed by atoms with E-state index in [2.05, 4.69) is 0 Å². The molecule has 0 heterocycles. The quantitative estimate of drug-likeness (QED) is 0.781. The fourth-order valence-corrected chi connectivity index (χ4v) is 1.41. The van der Waals surface area contributed by atoms with Crippen LogP contribution in [0.2, 0.25) is 0 Å². The molecule has 0 N–H and O–H groups in total. The molecule has 1 amide bonds. The summed E-state index contributed by atoms with van der Waals surface area (Å²) < 4.78 is 74.9. The second-order valence-corrected chi connectivity index (χ2v) is 3.74. The van der Waals surface area contributed by atoms with Crippen LogP contribution >= 0.6 is 0 Å². The summed E-state index contributed by atoms with van der Waals surface area (Å²) in [6.07, 6.45) is -7.82. The molecule has 0 unspecified atom stereocenters. The Labute approximate surface area is 104 Å². The zero-order chi connectivity index (χ0) is 14.8. The van der Waals surface area contributed by atoms with E-state index in [1.165, 1.54) is 0 Å². The Kier molecular flexibility index (Phi) is 4.43. The third-order valence-corrected chi connectivity index (χ3v) is 2.29. The van der Waals surface area contributed by atoms with E-state index in [-0.39, 0.29) is 0 Å². The molecule has 19 heavy (non-hydrogen) atoms. The summed E-state index contributed by atoms with van der Waals surface area (Å²) in [7, 11) is 0.953. The van der Waals surface area contributed by atoms with Crippen LogP contribution < -0.4 is 0 Å². The molecule has 0 saturated carbocycles. The van der Waals surface area contributed by atoms with Gasteiger partial charge in [-0.1, -0.05) is 6.07 Å². The largest absolute Gasteiger partial charge is 0.419 e. The molecule has 2 nitrogen and oxygen atoms in total. The highest BCUT2D eigenvalue weighted by atomic mass is 19.4. The van der Waals surface area contributed by atoms with Crippen LogP contribution in [0.1, 0.15) is 15.9 Å². The van der Waals surface area contributed by atoms with Crippen molar-refractivity contribution in [3.05, 3.63) is 35.1 Å². The van der Waals surface area contributed by atoms with Crippen LogP contribution in [0.25, 0.3) is 0 Å². The first-order chi connectivity index (χ1) is 8.64. The number of benzene rings is 1. The SMILES string of the molecule is CN(CC(F)F)C(=O)c1cccc(C(F)(F)F)c1F. The molecule has 0 saturated heterocycles. The van der Waals surface area contributed by atoms with Crippen LogP contribution in [0.5, 0.6) is 0 Å². The van der Waals surface area contributed by atoms with E-state index < -0.39 is 42.0 Å². The maximum atomic E-state index is 13.6. The first kappa shape index (κ1) is 15.3. The van der Waals surface area contributed by atoms with E-state index in [9.17, 15) is 31.1 Å². The number of alkyl halides is 5. The summed E-state index contributed by atoms with van der Waals surface area (Å²) in [5.41, 5.74) is -2.50. The van der Waals surface area contributed by atoms with Gasteiger partial charge in [0.1, 0.15) is 5.82 Å². The van der Waals surface area contributed by atoms with Crippen LogP contribution in [-0.2, 0) is 6.18 Å². The van der Waals surface area contributed by atoms with E-state index in [4.69, 9.17) is 0 Å². The lowest BCUT2D eigenvalue weighted by Crippen LogP contribution is -2.32. The first-order valence-corrected chi connectivity index (χ1v) is 5.04. The van der Waals surface area contributed by atoms with Gasteiger partial charge in [-0.15, -0.1) is 0 Å². The highest BCUT2D eigenvalue weighted by Crippen LogP contribution is 2.32. The minimum absolute atomic E-state index is 0.462. The fourth-order valence-electron chi connectivity index (χ4n) is 1.41. The molecule has 0 fully saturated rings. The number of hydrogen-bond acceptors (Lipinski definition) is 1. The molecule has 1 aromatic carbocycles. The Bertz CT molecular complexity index is 471. The molecule has 0 aliphatic heterocycles. The van der Waals surface area contributed by atoms with Gasteiger partial charge in [0.15, 0.2) is 0 Å². The molecular formula is C11H9F6NO. The second-order valence-electron chi connectivity index (χ2n) is 3.74. The Morgan fingerprint density at radius 3 is 2.37 bits per heavy atom. The zero-order valence-electron chi connectivity index (χ0n) is 9.64. The molecule has 0 atom stereocenters.